The Bertz CT molecular complexity index is 664. The number of pyridine rings is 1. The lowest BCUT2D eigenvalue weighted by Crippen LogP contribution is -2.07. The first-order valence-electron chi connectivity index (χ1n) is 7.21. The first-order chi connectivity index (χ1) is 10.1. The summed E-state index contributed by atoms with van der Waals surface area (Å²) in [6.45, 7) is 1.78. The molecule has 0 amide bonds. The van der Waals surface area contributed by atoms with Gasteiger partial charge in [-0.2, -0.15) is 0 Å². The Kier molecular flexibility index (Phi) is 3.72. The van der Waals surface area contributed by atoms with E-state index in [4.69, 9.17) is 0 Å². The molecule has 0 bridgehead atoms. The maximum Gasteiger partial charge on any atom is 0.133 e. The number of hydrogen-bond donors (Lipinski definition) is 1. The van der Waals surface area contributed by atoms with Gasteiger partial charge in [0.2, 0.25) is 0 Å². The van der Waals surface area contributed by atoms with Gasteiger partial charge in [0.25, 0.3) is 0 Å². The summed E-state index contributed by atoms with van der Waals surface area (Å²) in [4.78, 5) is 4.41. The van der Waals surface area contributed by atoms with Crippen LogP contribution in [0, 0.1) is 18.6 Å². The summed E-state index contributed by atoms with van der Waals surface area (Å²) in [5.41, 5.74) is 2.51. The highest BCUT2D eigenvalue weighted by Gasteiger charge is 2.24. The number of nitrogens with zero attached hydrogens (tertiary/aromatic N) is 1. The molecule has 2 nitrogen and oxygen atoms in total. The molecule has 0 saturated heterocycles. The summed E-state index contributed by atoms with van der Waals surface area (Å²) in [6.07, 6.45) is 2.44. The highest BCUT2D eigenvalue weighted by atomic mass is 19.1. The minimum Gasteiger partial charge on any atom is -0.387 e. The van der Waals surface area contributed by atoms with Crippen molar-refractivity contribution in [2.24, 2.45) is 0 Å². The van der Waals surface area contributed by atoms with Gasteiger partial charge in [-0.05, 0) is 55.5 Å². The van der Waals surface area contributed by atoms with Crippen molar-refractivity contribution in [1.29, 1.82) is 0 Å². The summed E-state index contributed by atoms with van der Waals surface area (Å²) in [5, 5.41) is 10.2. The Morgan fingerprint density at radius 3 is 2.62 bits per heavy atom. The van der Waals surface area contributed by atoms with E-state index >= 15 is 0 Å². The Balaban J connectivity index is 2.28. The van der Waals surface area contributed by atoms with Gasteiger partial charge in [0, 0.05) is 5.69 Å². The molecular formula is C17H17F2NO. The van der Waals surface area contributed by atoms with Crippen LogP contribution in [0.1, 0.15) is 42.3 Å². The van der Waals surface area contributed by atoms with Gasteiger partial charge in [0.05, 0.1) is 17.4 Å². The second-order valence-corrected chi connectivity index (χ2v) is 5.53. The number of aliphatic hydroxyl groups is 1. The molecule has 110 valence electrons. The van der Waals surface area contributed by atoms with E-state index in [1.54, 1.807) is 13.0 Å². The second kappa shape index (κ2) is 5.53. The van der Waals surface area contributed by atoms with Crippen LogP contribution >= 0.6 is 0 Å². The summed E-state index contributed by atoms with van der Waals surface area (Å²) in [7, 11) is 0. The topological polar surface area (TPSA) is 33.1 Å². The van der Waals surface area contributed by atoms with Gasteiger partial charge in [0.1, 0.15) is 11.6 Å². The first kappa shape index (κ1) is 14.1. The van der Waals surface area contributed by atoms with Crippen molar-refractivity contribution in [1.82, 2.24) is 4.98 Å². The zero-order valence-corrected chi connectivity index (χ0v) is 11.9. The molecule has 21 heavy (non-hydrogen) atoms. The number of rotatable bonds is 1. The molecular weight excluding hydrogens is 272 g/mol. The predicted octanol–water partition coefficient (Wildman–Crippen LogP) is 4.10. The van der Waals surface area contributed by atoms with Gasteiger partial charge in [-0.15, -0.1) is 0 Å². The van der Waals surface area contributed by atoms with Crippen molar-refractivity contribution < 1.29 is 13.9 Å². The summed E-state index contributed by atoms with van der Waals surface area (Å²) >= 11 is 0. The van der Waals surface area contributed by atoms with Gasteiger partial charge in [-0.25, -0.2) is 8.78 Å². The number of hydrogen-bond acceptors (Lipinski definition) is 2. The largest absolute Gasteiger partial charge is 0.387 e. The van der Waals surface area contributed by atoms with Crippen molar-refractivity contribution in [3.05, 3.63) is 52.9 Å². The SMILES string of the molecule is Cc1cc(-c2c(F)cccc2F)c2c(n1)C(O)CCCC2. The number of aryl methyl sites for hydroxylation is 1. The number of fused-ring (bicyclic) bond motifs is 1. The molecule has 0 radical (unpaired) electrons. The zero-order valence-electron chi connectivity index (χ0n) is 11.9. The molecule has 1 aromatic heterocycles. The number of halogens is 2. The molecule has 1 aliphatic rings. The van der Waals surface area contributed by atoms with E-state index in [0.29, 0.717) is 29.8 Å². The molecule has 2 aromatic rings. The van der Waals surface area contributed by atoms with Gasteiger partial charge in [-0.1, -0.05) is 12.5 Å². The van der Waals surface area contributed by atoms with E-state index < -0.39 is 17.7 Å². The molecule has 1 N–H and O–H groups in total. The molecule has 4 heteroatoms. The summed E-state index contributed by atoms with van der Waals surface area (Å²) in [6, 6.07) is 5.58. The molecule has 1 heterocycles. The molecule has 0 saturated carbocycles. The standard InChI is InChI=1S/C17H17F2NO/c1-10-9-12(16-13(18)6-4-7-14(16)19)11-5-2-3-8-15(21)17(11)20-10/h4,6-7,9,15,21H,2-3,5,8H2,1H3. The lowest BCUT2D eigenvalue weighted by molar-refractivity contribution is 0.162. The molecule has 0 spiro atoms. The van der Waals surface area contributed by atoms with Crippen molar-refractivity contribution >= 4 is 0 Å². The maximum atomic E-state index is 14.1. The van der Waals surface area contributed by atoms with E-state index in [1.165, 1.54) is 18.2 Å². The quantitative estimate of drug-likeness (QED) is 0.802. The Hall–Kier alpha value is -1.81. The van der Waals surface area contributed by atoms with Crippen LogP contribution in [0.15, 0.2) is 24.3 Å². The van der Waals surface area contributed by atoms with Gasteiger partial charge < -0.3 is 5.11 Å². The van der Waals surface area contributed by atoms with Crippen molar-refractivity contribution in [3.8, 4) is 11.1 Å². The van der Waals surface area contributed by atoms with Crippen molar-refractivity contribution in [3.63, 3.8) is 0 Å². The van der Waals surface area contributed by atoms with Crippen LogP contribution in [0.25, 0.3) is 11.1 Å². The van der Waals surface area contributed by atoms with Crippen LogP contribution in [0.5, 0.6) is 0 Å². The number of aliphatic hydroxyl groups excluding tert-OH is 1. The monoisotopic (exact) mass is 289 g/mol. The minimum atomic E-state index is -0.656. The summed E-state index contributed by atoms with van der Waals surface area (Å²) in [5.74, 6) is -1.16. The lowest BCUT2D eigenvalue weighted by Gasteiger charge is -2.17. The average Bonchev–Trinajstić information content (AvgIpc) is 2.61. The first-order valence-corrected chi connectivity index (χ1v) is 7.21. The fourth-order valence-electron chi connectivity index (χ4n) is 3.02. The minimum absolute atomic E-state index is 0.0200. The molecule has 1 unspecified atom stereocenters. The predicted molar refractivity (Wildman–Crippen MR) is 76.8 cm³/mol. The van der Waals surface area contributed by atoms with E-state index in [2.05, 4.69) is 4.98 Å². The lowest BCUT2D eigenvalue weighted by atomic mass is 9.94. The highest BCUT2D eigenvalue weighted by molar-refractivity contribution is 5.70. The zero-order chi connectivity index (χ0) is 15.0. The third kappa shape index (κ3) is 2.56. The normalized spacial score (nSPS) is 18.2. The fourth-order valence-corrected chi connectivity index (χ4v) is 3.02. The van der Waals surface area contributed by atoms with Gasteiger partial charge in [-0.3, -0.25) is 4.98 Å². The van der Waals surface area contributed by atoms with Gasteiger partial charge >= 0.3 is 0 Å². The molecule has 1 aliphatic carbocycles. The van der Waals surface area contributed by atoms with E-state index in [1.807, 2.05) is 0 Å². The van der Waals surface area contributed by atoms with Crippen LogP contribution in [0.4, 0.5) is 8.78 Å². The molecule has 3 rings (SSSR count). The van der Waals surface area contributed by atoms with Gasteiger partial charge in [0.15, 0.2) is 0 Å². The number of benzene rings is 1. The van der Waals surface area contributed by atoms with Crippen LogP contribution in [0.3, 0.4) is 0 Å². The van der Waals surface area contributed by atoms with E-state index in [0.717, 1.165) is 18.4 Å². The van der Waals surface area contributed by atoms with Crippen LogP contribution < -0.4 is 0 Å². The second-order valence-electron chi connectivity index (χ2n) is 5.53. The fraction of sp³-hybridized carbons (Fsp3) is 0.353. The molecule has 1 atom stereocenters. The molecule has 0 aliphatic heterocycles. The smallest absolute Gasteiger partial charge is 0.133 e. The highest BCUT2D eigenvalue weighted by Crippen LogP contribution is 2.36. The number of aromatic nitrogens is 1. The molecule has 0 fully saturated rings. The van der Waals surface area contributed by atoms with E-state index in [-0.39, 0.29) is 5.56 Å². The average molecular weight is 289 g/mol. The van der Waals surface area contributed by atoms with Crippen LogP contribution in [-0.4, -0.2) is 10.1 Å². The van der Waals surface area contributed by atoms with Crippen LogP contribution in [0.2, 0.25) is 0 Å². The van der Waals surface area contributed by atoms with Crippen LogP contribution in [-0.2, 0) is 6.42 Å². The Morgan fingerprint density at radius 1 is 1.19 bits per heavy atom. The van der Waals surface area contributed by atoms with E-state index in [9.17, 15) is 13.9 Å². The Morgan fingerprint density at radius 2 is 1.90 bits per heavy atom. The Labute approximate surface area is 122 Å². The summed E-state index contributed by atoms with van der Waals surface area (Å²) < 4.78 is 28.2. The third-order valence-corrected chi connectivity index (χ3v) is 3.99. The third-order valence-electron chi connectivity index (χ3n) is 3.99. The molecule has 1 aromatic carbocycles. The van der Waals surface area contributed by atoms with Crippen molar-refractivity contribution in [2.45, 2.75) is 38.7 Å². The maximum absolute atomic E-state index is 14.1. The van der Waals surface area contributed by atoms with Crippen molar-refractivity contribution in [2.75, 3.05) is 0 Å².